The minimum Gasteiger partial charge on any atom is -0.370 e. The van der Waals surface area contributed by atoms with E-state index in [1.54, 1.807) is 11.8 Å². The molecule has 0 saturated carbocycles. The summed E-state index contributed by atoms with van der Waals surface area (Å²) in [6, 6.07) is 24.1. The second-order valence-electron chi connectivity index (χ2n) is 14.5. The van der Waals surface area contributed by atoms with E-state index >= 15 is 0 Å². The molecule has 7 heteroatoms. The molecule has 0 aliphatic carbocycles. The molecule has 6 nitrogen and oxygen atoms in total. The zero-order valence-corrected chi connectivity index (χ0v) is 32.6. The van der Waals surface area contributed by atoms with E-state index < -0.39 is 11.1 Å². The average molecular weight is 733 g/mol. The van der Waals surface area contributed by atoms with E-state index in [1.807, 2.05) is 0 Å². The molecule has 0 bridgehead atoms. The van der Waals surface area contributed by atoms with Crippen LogP contribution in [0, 0.1) is 24.7 Å². The Hall–Kier alpha value is -5.37. The van der Waals surface area contributed by atoms with Crippen LogP contribution in [0.2, 0.25) is 0 Å². The molecule has 54 heavy (non-hydrogen) atoms. The summed E-state index contributed by atoms with van der Waals surface area (Å²) < 4.78 is 0. The highest BCUT2D eigenvalue weighted by atomic mass is 32.2. The van der Waals surface area contributed by atoms with Gasteiger partial charge in [0.1, 0.15) is 17.0 Å². The number of dihydropyridines is 1. The van der Waals surface area contributed by atoms with Crippen LogP contribution in [-0.2, 0) is 0 Å². The number of anilines is 2. The van der Waals surface area contributed by atoms with Crippen LogP contribution < -0.4 is 10.6 Å². The molecular formula is C47H52N6S. The first-order valence-electron chi connectivity index (χ1n) is 19.1. The molecule has 4 aliphatic heterocycles. The molecule has 0 fully saturated rings. The third kappa shape index (κ3) is 7.26. The summed E-state index contributed by atoms with van der Waals surface area (Å²) in [6.45, 7) is 11.5. The third-order valence-electron chi connectivity index (χ3n) is 10.3. The monoisotopic (exact) mass is 732 g/mol. The molecule has 3 aromatic carbocycles. The fraction of sp³-hybridized carbons (Fsp3) is 0.319. The molecule has 0 aromatic heterocycles. The van der Waals surface area contributed by atoms with E-state index in [-0.39, 0.29) is 8.77 Å². The van der Waals surface area contributed by atoms with Crippen molar-refractivity contribution < 1.29 is 2.85 Å². The molecule has 2 N–H and O–H groups in total. The van der Waals surface area contributed by atoms with Crippen LogP contribution in [0.25, 0.3) is 11.1 Å². The zero-order chi connectivity index (χ0) is 37.7. The summed E-state index contributed by atoms with van der Waals surface area (Å²) in [5, 5.41) is 8.73. The maximum Gasteiger partial charge on any atom is 0.115 e. The molecule has 0 spiro atoms. The Morgan fingerprint density at radius 1 is 0.796 bits per heavy atom. The number of nitrogens with zero attached hydrogens (tertiary/aromatic N) is 4. The van der Waals surface area contributed by atoms with Gasteiger partial charge in [0, 0.05) is 74.4 Å². The lowest BCUT2D eigenvalue weighted by Crippen LogP contribution is -2.44. The standard InChI is InChI=1S/C47H48N6S.2H2/c1-7-23-48-39(9-3)37-30-46(5,43-18-14-15-25-50-43)52-41-21-19-33(28-35(37)41)44(32-16-12-11-13-17-32)34-20-22-42-36(29-34)38(40(10-4)49-24-8-2)31-47(6,53-42)45-51-26-27-54-45;;/h3-4,11-14,16-22,28-31,44,52-53H,7-8,15,23-27H2,1-2,5-6H3;2*1H. The van der Waals surface area contributed by atoms with E-state index in [4.69, 9.17) is 32.8 Å². The van der Waals surface area contributed by atoms with Gasteiger partial charge in [0.15, 0.2) is 0 Å². The van der Waals surface area contributed by atoms with Gasteiger partial charge >= 0.3 is 0 Å². The van der Waals surface area contributed by atoms with E-state index in [1.165, 1.54) is 5.56 Å². The summed E-state index contributed by atoms with van der Waals surface area (Å²) in [5.74, 6) is 6.78. The summed E-state index contributed by atoms with van der Waals surface area (Å²) in [6.07, 6.45) is 24.0. The Labute approximate surface area is 328 Å². The van der Waals surface area contributed by atoms with Crippen LogP contribution >= 0.6 is 11.8 Å². The van der Waals surface area contributed by atoms with Crippen molar-refractivity contribution in [1.29, 1.82) is 0 Å². The Morgan fingerprint density at radius 3 is 1.91 bits per heavy atom. The Morgan fingerprint density at radius 2 is 1.39 bits per heavy atom. The average Bonchev–Trinajstić information content (AvgIpc) is 3.76. The maximum absolute atomic E-state index is 6.22. The molecule has 0 amide bonds. The zero-order valence-electron chi connectivity index (χ0n) is 31.7. The quantitative estimate of drug-likeness (QED) is 0.117. The summed E-state index contributed by atoms with van der Waals surface area (Å²) >= 11 is 1.80. The van der Waals surface area contributed by atoms with Crippen LogP contribution in [0.3, 0.4) is 0 Å². The highest BCUT2D eigenvalue weighted by molar-refractivity contribution is 8.14. The maximum atomic E-state index is 6.22. The van der Waals surface area contributed by atoms with Crippen LogP contribution in [0.4, 0.5) is 11.4 Å². The fourth-order valence-corrected chi connectivity index (χ4v) is 8.71. The molecular weight excluding hydrogens is 681 g/mol. The second-order valence-corrected chi connectivity index (χ2v) is 15.6. The first-order valence-corrected chi connectivity index (χ1v) is 20.1. The van der Waals surface area contributed by atoms with Crippen molar-refractivity contribution >= 4 is 56.5 Å². The molecule has 3 unspecified atom stereocenters. The topological polar surface area (TPSA) is 73.5 Å². The van der Waals surface area contributed by atoms with Crippen molar-refractivity contribution in [2.45, 2.75) is 64.0 Å². The van der Waals surface area contributed by atoms with Gasteiger partial charge < -0.3 is 10.6 Å². The van der Waals surface area contributed by atoms with Crippen molar-refractivity contribution in [3.05, 3.63) is 119 Å². The lowest BCUT2D eigenvalue weighted by atomic mass is 9.78. The predicted molar refractivity (Wildman–Crippen MR) is 238 cm³/mol. The van der Waals surface area contributed by atoms with Crippen LogP contribution in [0.15, 0.2) is 111 Å². The molecule has 3 atom stereocenters. The summed E-state index contributed by atoms with van der Waals surface area (Å²) in [7, 11) is 0. The smallest absolute Gasteiger partial charge is 0.115 e. The summed E-state index contributed by atoms with van der Waals surface area (Å²) in [4.78, 5) is 19.6. The van der Waals surface area contributed by atoms with E-state index in [0.717, 1.165) is 93.6 Å². The number of terminal acetylenes is 2. The number of hydrogen-bond acceptors (Lipinski definition) is 7. The number of allylic oxidation sites excluding steroid dienone is 2. The van der Waals surface area contributed by atoms with Crippen molar-refractivity contribution in [2.75, 3.05) is 42.6 Å². The molecule has 3 aromatic rings. The highest BCUT2D eigenvalue weighted by Crippen LogP contribution is 2.44. The van der Waals surface area contributed by atoms with Crippen molar-refractivity contribution in [2.24, 2.45) is 20.0 Å². The first kappa shape index (κ1) is 37.0. The van der Waals surface area contributed by atoms with Crippen LogP contribution in [0.5, 0.6) is 0 Å². The fourth-order valence-electron chi connectivity index (χ4n) is 7.74. The van der Waals surface area contributed by atoms with Gasteiger partial charge in [-0.1, -0.05) is 74.2 Å². The number of thioether (sulfide) groups is 1. The van der Waals surface area contributed by atoms with E-state index in [0.29, 0.717) is 24.5 Å². The lowest BCUT2D eigenvalue weighted by Gasteiger charge is -2.37. The minimum atomic E-state index is -0.539. The number of aliphatic imine (C=N–C) groups is 4. The highest BCUT2D eigenvalue weighted by Gasteiger charge is 2.38. The third-order valence-corrected chi connectivity index (χ3v) is 11.5. The molecule has 0 saturated heterocycles. The van der Waals surface area contributed by atoms with Gasteiger partial charge in [0.25, 0.3) is 0 Å². The van der Waals surface area contributed by atoms with Crippen molar-refractivity contribution in [1.82, 2.24) is 0 Å². The van der Waals surface area contributed by atoms with Crippen molar-refractivity contribution in [3.8, 4) is 24.7 Å². The second kappa shape index (κ2) is 15.9. The van der Waals surface area contributed by atoms with Crippen LogP contribution in [0.1, 0.15) is 83.5 Å². The van der Waals surface area contributed by atoms with Gasteiger partial charge in [0.05, 0.1) is 16.3 Å². The van der Waals surface area contributed by atoms with Crippen LogP contribution in [-0.4, -0.2) is 65.2 Å². The van der Waals surface area contributed by atoms with Crippen molar-refractivity contribution in [3.63, 3.8) is 0 Å². The summed E-state index contributed by atoms with van der Waals surface area (Å²) in [5.41, 5.74) is 10.8. The van der Waals surface area contributed by atoms with Gasteiger partial charge in [-0.05, 0) is 92.3 Å². The number of benzene rings is 3. The number of rotatable bonds is 11. The molecule has 0 radical (unpaired) electrons. The number of nitrogens with one attached hydrogen (secondary N) is 2. The molecule has 276 valence electrons. The molecule has 4 heterocycles. The Bertz CT molecular complexity index is 2250. The largest absolute Gasteiger partial charge is 0.370 e. The molecule has 4 aliphatic rings. The molecule has 7 rings (SSSR count). The Balaban J connectivity index is 0.00000300. The number of hydrogen-bond donors (Lipinski definition) is 2. The van der Waals surface area contributed by atoms with E-state index in [2.05, 4.69) is 141 Å². The number of fused-ring (bicyclic) bond motifs is 2. The van der Waals surface area contributed by atoms with Gasteiger partial charge in [-0.25, -0.2) is 0 Å². The predicted octanol–water partition coefficient (Wildman–Crippen LogP) is 10.0. The Kier molecular flexibility index (Phi) is 10.9. The van der Waals surface area contributed by atoms with Gasteiger partial charge in [-0.2, -0.15) is 0 Å². The van der Waals surface area contributed by atoms with Gasteiger partial charge in [-0.15, -0.1) is 24.6 Å². The first-order chi connectivity index (χ1) is 26.3. The van der Waals surface area contributed by atoms with Gasteiger partial charge in [0.2, 0.25) is 0 Å². The normalized spacial score (nSPS) is 22.6. The van der Waals surface area contributed by atoms with E-state index in [9.17, 15) is 0 Å². The SMILES string of the molecule is C#CC(=NCCC)C1=CC(C)(C2=NCCC=C2)Nc2ccc(C(c3ccccc3)c3ccc4c(c3)C(C(C#C)=NCCC)=CC(C)(C3=NCCS3)N4)cc21.[HH].[HH]. The van der Waals surface area contributed by atoms with Gasteiger partial charge in [-0.3, -0.25) is 20.0 Å². The lowest BCUT2D eigenvalue weighted by molar-refractivity contribution is 0.824. The minimum absolute atomic E-state index is 0.